The smallest absolute Gasteiger partial charge is 0.235 e. The van der Waals surface area contributed by atoms with Crippen LogP contribution >= 0.6 is 15.9 Å². The third-order valence-electron chi connectivity index (χ3n) is 3.78. The van der Waals surface area contributed by atoms with Crippen LogP contribution in [0.1, 0.15) is 49.3 Å². The standard InChI is InChI=1S/C15H18BrNO2/c1-9(2)11-7-12(16)10(3)13(14(11)19-4)15(5-6-15)17-8-18/h7,9H,5-6H2,1-4H3. The van der Waals surface area contributed by atoms with Gasteiger partial charge < -0.3 is 4.74 Å². The summed E-state index contributed by atoms with van der Waals surface area (Å²) in [6.07, 6.45) is 3.48. The van der Waals surface area contributed by atoms with E-state index >= 15 is 0 Å². The van der Waals surface area contributed by atoms with Gasteiger partial charge in [-0.25, -0.2) is 4.79 Å². The predicted molar refractivity (Wildman–Crippen MR) is 78.6 cm³/mol. The Hall–Kier alpha value is -1.12. The lowest BCUT2D eigenvalue weighted by molar-refractivity contribution is 0.396. The molecule has 0 aliphatic heterocycles. The maximum Gasteiger partial charge on any atom is 0.235 e. The van der Waals surface area contributed by atoms with Gasteiger partial charge in [0.15, 0.2) is 0 Å². The molecule has 1 aliphatic carbocycles. The first-order chi connectivity index (χ1) is 8.96. The molecule has 3 nitrogen and oxygen atoms in total. The second-order valence-corrected chi connectivity index (χ2v) is 6.22. The summed E-state index contributed by atoms with van der Waals surface area (Å²) >= 11 is 3.60. The van der Waals surface area contributed by atoms with Crippen molar-refractivity contribution in [3.05, 3.63) is 27.2 Å². The Morgan fingerprint density at radius 1 is 1.47 bits per heavy atom. The van der Waals surface area contributed by atoms with Crippen molar-refractivity contribution in [2.24, 2.45) is 4.99 Å². The minimum atomic E-state index is -0.412. The van der Waals surface area contributed by atoms with E-state index in [4.69, 9.17) is 4.74 Å². The first kappa shape index (κ1) is 14.3. The van der Waals surface area contributed by atoms with Gasteiger partial charge in [-0.3, -0.25) is 0 Å². The van der Waals surface area contributed by atoms with Crippen LogP contribution in [0.25, 0.3) is 0 Å². The summed E-state index contributed by atoms with van der Waals surface area (Å²) < 4.78 is 6.68. The number of aliphatic imine (C=N–C) groups is 1. The van der Waals surface area contributed by atoms with Crippen molar-refractivity contribution in [1.82, 2.24) is 0 Å². The molecule has 2 rings (SSSR count). The van der Waals surface area contributed by atoms with Crippen molar-refractivity contribution in [2.45, 2.75) is 45.1 Å². The van der Waals surface area contributed by atoms with Crippen LogP contribution in [0.2, 0.25) is 0 Å². The molecule has 0 unspecified atom stereocenters. The van der Waals surface area contributed by atoms with E-state index in [1.54, 1.807) is 13.2 Å². The quantitative estimate of drug-likeness (QED) is 0.614. The largest absolute Gasteiger partial charge is 0.496 e. The van der Waals surface area contributed by atoms with Gasteiger partial charge >= 0.3 is 0 Å². The summed E-state index contributed by atoms with van der Waals surface area (Å²) in [5.74, 6) is 1.22. The molecule has 4 heteroatoms. The van der Waals surface area contributed by atoms with Crippen molar-refractivity contribution >= 4 is 22.0 Å². The molecule has 102 valence electrons. The van der Waals surface area contributed by atoms with Gasteiger partial charge in [-0.05, 0) is 42.9 Å². The number of methoxy groups -OCH3 is 1. The predicted octanol–water partition coefficient (Wildman–Crippen LogP) is 4.21. The Labute approximate surface area is 122 Å². The molecule has 0 spiro atoms. The lowest BCUT2D eigenvalue weighted by atomic mass is 9.91. The molecule has 0 bridgehead atoms. The highest BCUT2D eigenvalue weighted by Crippen LogP contribution is 2.55. The van der Waals surface area contributed by atoms with E-state index in [1.165, 1.54) is 0 Å². The van der Waals surface area contributed by atoms with Crippen molar-refractivity contribution < 1.29 is 9.53 Å². The van der Waals surface area contributed by atoms with Gasteiger partial charge in [0.1, 0.15) is 11.3 Å². The molecule has 0 heterocycles. The second kappa shape index (κ2) is 5.10. The lowest BCUT2D eigenvalue weighted by Crippen LogP contribution is -2.11. The van der Waals surface area contributed by atoms with E-state index < -0.39 is 5.54 Å². The molecule has 0 N–H and O–H groups in total. The molecular weight excluding hydrogens is 306 g/mol. The molecule has 0 amide bonds. The Bertz CT molecular complexity index is 556. The van der Waals surface area contributed by atoms with Crippen molar-refractivity contribution in [2.75, 3.05) is 7.11 Å². The number of ether oxygens (including phenoxy) is 1. The van der Waals surface area contributed by atoms with E-state index in [9.17, 15) is 4.79 Å². The molecule has 0 radical (unpaired) electrons. The van der Waals surface area contributed by atoms with Crippen LogP contribution in [0, 0.1) is 6.92 Å². The number of halogens is 1. The van der Waals surface area contributed by atoms with Gasteiger partial charge in [0.2, 0.25) is 6.08 Å². The third kappa shape index (κ3) is 2.35. The Kier molecular flexibility index (Phi) is 3.84. The number of benzene rings is 1. The van der Waals surface area contributed by atoms with E-state index in [2.05, 4.69) is 40.8 Å². The van der Waals surface area contributed by atoms with Gasteiger partial charge in [0, 0.05) is 10.0 Å². The number of isocyanates is 1. The molecule has 0 atom stereocenters. The summed E-state index contributed by atoms with van der Waals surface area (Å²) in [6.45, 7) is 6.30. The van der Waals surface area contributed by atoms with Crippen molar-refractivity contribution in [3.63, 3.8) is 0 Å². The zero-order valence-electron chi connectivity index (χ0n) is 11.7. The number of carbonyl (C=O) groups excluding carboxylic acids is 1. The molecule has 1 aromatic carbocycles. The highest BCUT2D eigenvalue weighted by molar-refractivity contribution is 9.10. The second-order valence-electron chi connectivity index (χ2n) is 5.37. The molecular formula is C15H18BrNO2. The summed E-state index contributed by atoms with van der Waals surface area (Å²) in [4.78, 5) is 14.7. The fraction of sp³-hybridized carbons (Fsp3) is 0.533. The summed E-state index contributed by atoms with van der Waals surface area (Å²) in [7, 11) is 1.68. The van der Waals surface area contributed by atoms with Gasteiger partial charge in [-0.15, -0.1) is 0 Å². The van der Waals surface area contributed by atoms with Crippen LogP contribution in [0.4, 0.5) is 0 Å². The minimum Gasteiger partial charge on any atom is -0.496 e. The third-order valence-corrected chi connectivity index (χ3v) is 4.60. The minimum absolute atomic E-state index is 0.349. The Morgan fingerprint density at radius 2 is 2.11 bits per heavy atom. The van der Waals surface area contributed by atoms with Crippen molar-refractivity contribution in [3.8, 4) is 5.75 Å². The van der Waals surface area contributed by atoms with Gasteiger partial charge in [-0.2, -0.15) is 4.99 Å². The van der Waals surface area contributed by atoms with Crippen molar-refractivity contribution in [1.29, 1.82) is 0 Å². The monoisotopic (exact) mass is 323 g/mol. The van der Waals surface area contributed by atoms with Crippen LogP contribution in [0.3, 0.4) is 0 Å². The average molecular weight is 324 g/mol. The molecule has 19 heavy (non-hydrogen) atoms. The van der Waals surface area contributed by atoms with Crippen LogP contribution in [-0.2, 0) is 10.3 Å². The Balaban J connectivity index is 2.74. The molecule has 1 aliphatic rings. The fourth-order valence-corrected chi connectivity index (χ4v) is 3.02. The number of rotatable bonds is 4. The van der Waals surface area contributed by atoms with Gasteiger partial charge in [0.05, 0.1) is 7.11 Å². The Morgan fingerprint density at radius 3 is 2.53 bits per heavy atom. The molecule has 1 saturated carbocycles. The maximum atomic E-state index is 10.7. The summed E-state index contributed by atoms with van der Waals surface area (Å²) in [6, 6.07) is 2.10. The lowest BCUT2D eigenvalue weighted by Gasteiger charge is -2.22. The first-order valence-electron chi connectivity index (χ1n) is 6.43. The summed E-state index contributed by atoms with van der Waals surface area (Å²) in [5, 5.41) is 0. The normalized spacial score (nSPS) is 16.1. The maximum absolute atomic E-state index is 10.7. The molecule has 0 aromatic heterocycles. The van der Waals surface area contributed by atoms with E-state index in [1.807, 2.05) is 6.92 Å². The number of hydrogen-bond donors (Lipinski definition) is 0. The highest BCUT2D eigenvalue weighted by atomic mass is 79.9. The van der Waals surface area contributed by atoms with Crippen LogP contribution in [-0.4, -0.2) is 13.2 Å². The fourth-order valence-electron chi connectivity index (χ4n) is 2.58. The molecule has 0 saturated heterocycles. The SMILES string of the molecule is COc1c(C(C)C)cc(Br)c(C)c1C1(N=C=O)CC1. The van der Waals surface area contributed by atoms with Crippen LogP contribution < -0.4 is 4.74 Å². The first-order valence-corrected chi connectivity index (χ1v) is 7.22. The molecule has 1 fully saturated rings. The number of nitrogens with zero attached hydrogens (tertiary/aromatic N) is 1. The molecule has 1 aromatic rings. The van der Waals surface area contributed by atoms with Crippen LogP contribution in [0.5, 0.6) is 5.75 Å². The zero-order valence-corrected chi connectivity index (χ0v) is 13.3. The summed E-state index contributed by atoms with van der Waals surface area (Å²) in [5.41, 5.74) is 2.86. The van der Waals surface area contributed by atoms with Gasteiger partial charge in [-0.1, -0.05) is 29.8 Å². The average Bonchev–Trinajstić information content (AvgIpc) is 3.12. The van der Waals surface area contributed by atoms with E-state index in [-0.39, 0.29) is 0 Å². The van der Waals surface area contributed by atoms with E-state index in [0.29, 0.717) is 5.92 Å². The zero-order chi connectivity index (χ0) is 14.2. The van der Waals surface area contributed by atoms with E-state index in [0.717, 1.165) is 39.8 Å². The van der Waals surface area contributed by atoms with Crippen LogP contribution in [0.15, 0.2) is 15.5 Å². The number of hydrogen-bond acceptors (Lipinski definition) is 3. The van der Waals surface area contributed by atoms with Gasteiger partial charge in [0.25, 0.3) is 0 Å². The topological polar surface area (TPSA) is 38.7 Å². The highest BCUT2D eigenvalue weighted by Gasteiger charge is 2.48.